The number of nitrogens with one attached hydrogen (secondary N) is 1. The molecule has 2 aliphatic carbocycles. The molecule has 2 aliphatic rings. The smallest absolute Gasteiger partial charge is 0.115 e. The van der Waals surface area contributed by atoms with Crippen LogP contribution in [0.4, 0.5) is 0 Å². The minimum Gasteiger partial charge on any atom is -0.508 e. The zero-order chi connectivity index (χ0) is 13.5. The summed E-state index contributed by atoms with van der Waals surface area (Å²) in [6, 6.07) is 15.0. The molecular weight excluding hydrogens is 246 g/mol. The quantitative estimate of drug-likeness (QED) is 0.892. The fraction of sp³-hybridized carbons (Fsp3) is 0.333. The van der Waals surface area contributed by atoms with E-state index in [0.717, 1.165) is 19.4 Å². The average molecular weight is 265 g/mol. The molecule has 0 radical (unpaired) electrons. The van der Waals surface area contributed by atoms with Gasteiger partial charge >= 0.3 is 0 Å². The van der Waals surface area contributed by atoms with Gasteiger partial charge < -0.3 is 10.4 Å². The fourth-order valence-corrected chi connectivity index (χ4v) is 3.65. The largest absolute Gasteiger partial charge is 0.508 e. The van der Waals surface area contributed by atoms with Crippen molar-refractivity contribution in [2.24, 2.45) is 0 Å². The van der Waals surface area contributed by atoms with Gasteiger partial charge in [-0.15, -0.1) is 0 Å². The van der Waals surface area contributed by atoms with Gasteiger partial charge in [0.15, 0.2) is 0 Å². The van der Waals surface area contributed by atoms with E-state index in [1.54, 1.807) is 6.07 Å². The van der Waals surface area contributed by atoms with Crippen molar-refractivity contribution in [2.45, 2.75) is 31.2 Å². The van der Waals surface area contributed by atoms with Crippen LogP contribution in [0.2, 0.25) is 0 Å². The molecule has 0 saturated heterocycles. The number of rotatable bonds is 3. The lowest BCUT2D eigenvalue weighted by atomic mass is 9.77. The van der Waals surface area contributed by atoms with Crippen molar-refractivity contribution < 1.29 is 5.11 Å². The molecule has 2 aromatic carbocycles. The van der Waals surface area contributed by atoms with Crippen molar-refractivity contribution in [3.63, 3.8) is 0 Å². The van der Waals surface area contributed by atoms with E-state index in [-0.39, 0.29) is 0 Å². The average Bonchev–Trinajstić information content (AvgIpc) is 2.82. The Hall–Kier alpha value is -1.80. The monoisotopic (exact) mass is 265 g/mol. The molecule has 2 N–H and O–H groups in total. The highest BCUT2D eigenvalue weighted by molar-refractivity contribution is 5.42. The van der Waals surface area contributed by atoms with Gasteiger partial charge in [-0.2, -0.15) is 0 Å². The van der Waals surface area contributed by atoms with Crippen molar-refractivity contribution >= 4 is 0 Å². The molecule has 0 spiro atoms. The summed E-state index contributed by atoms with van der Waals surface area (Å²) in [6.45, 7) is 1.06. The molecule has 0 amide bonds. The third kappa shape index (κ3) is 1.92. The van der Waals surface area contributed by atoms with Gasteiger partial charge in [-0.05, 0) is 53.6 Å². The molecule has 2 aromatic rings. The van der Waals surface area contributed by atoms with E-state index in [4.69, 9.17) is 0 Å². The normalized spacial score (nSPS) is 23.0. The summed E-state index contributed by atoms with van der Waals surface area (Å²) in [5.41, 5.74) is 5.70. The van der Waals surface area contributed by atoms with Crippen LogP contribution < -0.4 is 5.32 Å². The fourth-order valence-electron chi connectivity index (χ4n) is 3.65. The van der Waals surface area contributed by atoms with Gasteiger partial charge in [0.2, 0.25) is 0 Å². The van der Waals surface area contributed by atoms with Gasteiger partial charge in [0.05, 0.1) is 0 Å². The number of fused-ring (bicyclic) bond motifs is 2. The molecule has 0 aliphatic heterocycles. The molecule has 0 fully saturated rings. The lowest BCUT2D eigenvalue weighted by Crippen LogP contribution is -2.31. The van der Waals surface area contributed by atoms with E-state index in [1.165, 1.54) is 28.7 Å². The minimum absolute atomic E-state index is 0.386. The van der Waals surface area contributed by atoms with E-state index in [1.807, 2.05) is 6.07 Å². The topological polar surface area (TPSA) is 32.3 Å². The van der Waals surface area contributed by atoms with Crippen molar-refractivity contribution in [3.05, 3.63) is 64.7 Å². The molecule has 0 aromatic heterocycles. The molecule has 2 nitrogen and oxygen atoms in total. The lowest BCUT2D eigenvalue weighted by molar-refractivity contribution is 0.466. The van der Waals surface area contributed by atoms with Gasteiger partial charge in [0, 0.05) is 18.5 Å². The summed E-state index contributed by atoms with van der Waals surface area (Å²) < 4.78 is 0. The maximum absolute atomic E-state index is 9.54. The van der Waals surface area contributed by atoms with Crippen LogP contribution in [0.1, 0.15) is 40.6 Å². The Morgan fingerprint density at radius 3 is 2.85 bits per heavy atom. The Bertz CT molecular complexity index is 650. The van der Waals surface area contributed by atoms with Gasteiger partial charge in [-0.1, -0.05) is 30.3 Å². The summed E-state index contributed by atoms with van der Waals surface area (Å²) >= 11 is 0. The van der Waals surface area contributed by atoms with E-state index < -0.39 is 0 Å². The molecule has 0 saturated carbocycles. The Morgan fingerprint density at radius 1 is 1.05 bits per heavy atom. The van der Waals surface area contributed by atoms with E-state index in [0.29, 0.717) is 17.7 Å². The molecule has 0 bridgehead atoms. The number of benzene rings is 2. The SMILES string of the molecule is Oc1ccc2c(c1)CCC2NCC1Cc2ccccc21. The molecule has 102 valence electrons. The van der Waals surface area contributed by atoms with Crippen LogP contribution in [0.3, 0.4) is 0 Å². The van der Waals surface area contributed by atoms with E-state index in [2.05, 4.69) is 35.6 Å². The number of aryl methyl sites for hydroxylation is 1. The maximum Gasteiger partial charge on any atom is 0.115 e. The predicted molar refractivity (Wildman–Crippen MR) is 80.1 cm³/mol. The van der Waals surface area contributed by atoms with E-state index >= 15 is 0 Å². The van der Waals surface area contributed by atoms with Gasteiger partial charge in [0.1, 0.15) is 5.75 Å². The van der Waals surface area contributed by atoms with Crippen molar-refractivity contribution in [2.75, 3.05) is 6.54 Å². The third-order valence-corrected chi connectivity index (χ3v) is 4.78. The molecule has 0 heterocycles. The van der Waals surface area contributed by atoms with Gasteiger partial charge in [-0.25, -0.2) is 0 Å². The third-order valence-electron chi connectivity index (χ3n) is 4.78. The summed E-state index contributed by atoms with van der Waals surface area (Å²) in [5.74, 6) is 1.06. The molecule has 2 heteroatoms. The molecule has 2 unspecified atom stereocenters. The zero-order valence-corrected chi connectivity index (χ0v) is 11.5. The number of phenols is 1. The van der Waals surface area contributed by atoms with Crippen LogP contribution >= 0.6 is 0 Å². The zero-order valence-electron chi connectivity index (χ0n) is 11.5. The summed E-state index contributed by atoms with van der Waals surface area (Å²) in [6.07, 6.45) is 3.42. The van der Waals surface area contributed by atoms with Crippen LogP contribution in [0.5, 0.6) is 5.75 Å². The molecule has 20 heavy (non-hydrogen) atoms. The summed E-state index contributed by atoms with van der Waals surface area (Å²) in [5, 5.41) is 13.3. The van der Waals surface area contributed by atoms with Crippen LogP contribution in [0, 0.1) is 0 Å². The minimum atomic E-state index is 0.386. The van der Waals surface area contributed by atoms with Crippen LogP contribution in [-0.2, 0) is 12.8 Å². The van der Waals surface area contributed by atoms with Crippen LogP contribution in [0.25, 0.3) is 0 Å². The second kappa shape index (κ2) is 4.64. The highest BCUT2D eigenvalue weighted by atomic mass is 16.3. The number of aromatic hydroxyl groups is 1. The Morgan fingerprint density at radius 2 is 1.95 bits per heavy atom. The first-order valence-corrected chi connectivity index (χ1v) is 7.44. The molecular formula is C18H19NO. The Labute approximate surface area is 119 Å². The number of hydrogen-bond donors (Lipinski definition) is 2. The maximum atomic E-state index is 9.54. The molecule has 4 rings (SSSR count). The van der Waals surface area contributed by atoms with Gasteiger partial charge in [0.25, 0.3) is 0 Å². The highest BCUT2D eigenvalue weighted by Crippen LogP contribution is 2.37. The second-order valence-corrected chi connectivity index (χ2v) is 5.98. The van der Waals surface area contributed by atoms with Crippen molar-refractivity contribution in [1.29, 1.82) is 0 Å². The predicted octanol–water partition coefficient (Wildman–Crippen LogP) is 3.31. The first-order valence-electron chi connectivity index (χ1n) is 7.44. The first kappa shape index (κ1) is 12.0. The van der Waals surface area contributed by atoms with E-state index in [9.17, 15) is 5.11 Å². The number of phenolic OH excluding ortho intramolecular Hbond substituents is 1. The number of hydrogen-bond acceptors (Lipinski definition) is 2. The highest BCUT2D eigenvalue weighted by Gasteiger charge is 2.28. The van der Waals surface area contributed by atoms with Gasteiger partial charge in [-0.3, -0.25) is 0 Å². The lowest BCUT2D eigenvalue weighted by Gasteiger charge is -2.31. The summed E-state index contributed by atoms with van der Waals surface area (Å²) in [7, 11) is 0. The first-order chi connectivity index (χ1) is 9.81. The van der Waals surface area contributed by atoms with Crippen molar-refractivity contribution in [3.8, 4) is 5.75 Å². The van der Waals surface area contributed by atoms with Crippen LogP contribution in [-0.4, -0.2) is 11.7 Å². The van der Waals surface area contributed by atoms with Crippen LogP contribution in [0.15, 0.2) is 42.5 Å². The second-order valence-electron chi connectivity index (χ2n) is 5.98. The molecule has 2 atom stereocenters. The summed E-state index contributed by atoms with van der Waals surface area (Å²) in [4.78, 5) is 0. The standard InChI is InChI=1S/C18H19NO/c20-15-6-7-17-13(10-15)5-8-18(17)19-11-14-9-12-3-1-2-4-16(12)14/h1-4,6-7,10,14,18-20H,5,8-9,11H2. The Kier molecular flexibility index (Phi) is 2.78. The Balaban J connectivity index is 1.43. The van der Waals surface area contributed by atoms with Crippen molar-refractivity contribution in [1.82, 2.24) is 5.32 Å².